The van der Waals surface area contributed by atoms with Crippen molar-refractivity contribution in [1.82, 2.24) is 0 Å². The maximum absolute atomic E-state index is 12.8. The van der Waals surface area contributed by atoms with Gasteiger partial charge in [-0.05, 0) is 24.1 Å². The molecule has 0 radical (unpaired) electrons. The van der Waals surface area contributed by atoms with Gasteiger partial charge in [0.2, 0.25) is 0 Å². The topological polar surface area (TPSA) is 57.6 Å². The molecule has 2 aromatic carbocycles. The lowest BCUT2D eigenvalue weighted by Crippen LogP contribution is -2.27. The molecule has 23 heavy (non-hydrogen) atoms. The Labute approximate surface area is 134 Å². The third-order valence-electron chi connectivity index (χ3n) is 3.84. The second-order valence-electron chi connectivity index (χ2n) is 5.44. The Kier molecular flexibility index (Phi) is 4.24. The third kappa shape index (κ3) is 3.16. The van der Waals surface area contributed by atoms with E-state index in [4.69, 9.17) is 5.11 Å². The minimum atomic E-state index is -0.843. The van der Waals surface area contributed by atoms with E-state index in [2.05, 4.69) is 0 Å². The van der Waals surface area contributed by atoms with Crippen molar-refractivity contribution in [3.63, 3.8) is 0 Å². The van der Waals surface area contributed by atoms with E-state index in [0.29, 0.717) is 18.5 Å². The van der Waals surface area contributed by atoms with Gasteiger partial charge in [0.1, 0.15) is 0 Å². The molecule has 0 bridgehead atoms. The van der Waals surface area contributed by atoms with E-state index in [1.165, 1.54) is 0 Å². The van der Waals surface area contributed by atoms with E-state index in [-0.39, 0.29) is 12.3 Å². The molecule has 0 saturated heterocycles. The van der Waals surface area contributed by atoms with Gasteiger partial charge in [0.15, 0.2) is 0 Å². The van der Waals surface area contributed by atoms with Gasteiger partial charge in [0, 0.05) is 24.1 Å². The molecule has 0 fully saturated rings. The molecule has 1 amide bonds. The predicted molar refractivity (Wildman–Crippen MR) is 90.0 cm³/mol. The third-order valence-corrected chi connectivity index (χ3v) is 3.84. The monoisotopic (exact) mass is 307 g/mol. The van der Waals surface area contributed by atoms with Crippen molar-refractivity contribution in [3.05, 3.63) is 65.7 Å². The van der Waals surface area contributed by atoms with Crippen LogP contribution in [-0.2, 0) is 9.59 Å². The van der Waals surface area contributed by atoms with Crippen LogP contribution in [-0.4, -0.2) is 23.5 Å². The number of fused-ring (bicyclic) bond motifs is 1. The zero-order chi connectivity index (χ0) is 16.2. The van der Waals surface area contributed by atoms with Crippen LogP contribution in [0.25, 0.3) is 11.6 Å². The van der Waals surface area contributed by atoms with Crippen LogP contribution >= 0.6 is 0 Å². The number of hydrogen-bond acceptors (Lipinski definition) is 2. The molecule has 1 aliphatic heterocycles. The Morgan fingerprint density at radius 1 is 1.04 bits per heavy atom. The summed E-state index contributed by atoms with van der Waals surface area (Å²) in [5, 5.41) is 8.78. The van der Waals surface area contributed by atoms with Gasteiger partial charge in [-0.3, -0.25) is 9.59 Å². The Hall–Kier alpha value is -2.88. The van der Waals surface area contributed by atoms with Gasteiger partial charge in [-0.25, -0.2) is 0 Å². The van der Waals surface area contributed by atoms with E-state index in [1.54, 1.807) is 4.90 Å². The molecule has 2 aromatic rings. The normalized spacial score (nSPS) is 15.0. The number of carbonyl (C=O) groups is 2. The predicted octanol–water partition coefficient (Wildman–Crippen LogP) is 3.44. The fourth-order valence-corrected chi connectivity index (χ4v) is 2.77. The summed E-state index contributed by atoms with van der Waals surface area (Å²) in [6, 6.07) is 17.3. The highest BCUT2D eigenvalue weighted by Crippen LogP contribution is 2.37. The van der Waals surface area contributed by atoms with Gasteiger partial charge in [-0.15, -0.1) is 0 Å². The molecule has 0 atom stereocenters. The van der Waals surface area contributed by atoms with E-state index in [1.807, 2.05) is 60.7 Å². The van der Waals surface area contributed by atoms with Crippen LogP contribution in [0.5, 0.6) is 0 Å². The fourth-order valence-electron chi connectivity index (χ4n) is 2.77. The molecular weight excluding hydrogens is 290 g/mol. The van der Waals surface area contributed by atoms with Gasteiger partial charge in [0.25, 0.3) is 5.91 Å². The van der Waals surface area contributed by atoms with Crippen molar-refractivity contribution in [1.29, 1.82) is 0 Å². The molecule has 3 rings (SSSR count). The summed E-state index contributed by atoms with van der Waals surface area (Å²) >= 11 is 0. The molecule has 0 saturated carbocycles. The minimum Gasteiger partial charge on any atom is -0.481 e. The molecule has 1 N–H and O–H groups in total. The standard InChI is InChI=1S/C19H17NO3/c21-18(22)11-6-12-20-17-10-5-4-9-15(17)16(19(20)23)13-14-7-2-1-3-8-14/h1-5,7-10,13H,6,11-12H2,(H,21,22)/b16-13-. The highest BCUT2D eigenvalue weighted by Gasteiger charge is 2.31. The summed E-state index contributed by atoms with van der Waals surface area (Å²) < 4.78 is 0. The summed E-state index contributed by atoms with van der Waals surface area (Å²) in [5.41, 5.74) is 3.38. The lowest BCUT2D eigenvalue weighted by molar-refractivity contribution is -0.137. The highest BCUT2D eigenvalue weighted by molar-refractivity contribution is 6.35. The highest BCUT2D eigenvalue weighted by atomic mass is 16.4. The number of amides is 1. The Bertz CT molecular complexity index is 765. The summed E-state index contributed by atoms with van der Waals surface area (Å²) in [5.74, 6) is -0.912. The molecule has 0 aliphatic carbocycles. The summed E-state index contributed by atoms with van der Waals surface area (Å²) in [4.78, 5) is 25.1. The molecule has 0 spiro atoms. The van der Waals surface area contributed by atoms with Crippen molar-refractivity contribution in [2.75, 3.05) is 11.4 Å². The average Bonchev–Trinajstić information content (AvgIpc) is 2.81. The zero-order valence-corrected chi connectivity index (χ0v) is 12.6. The molecule has 0 unspecified atom stereocenters. The average molecular weight is 307 g/mol. The van der Waals surface area contributed by atoms with Crippen LogP contribution in [0.2, 0.25) is 0 Å². The first-order valence-electron chi connectivity index (χ1n) is 7.56. The quantitative estimate of drug-likeness (QED) is 0.861. The number of carbonyl (C=O) groups excluding carboxylic acids is 1. The molecule has 4 heteroatoms. The number of benzene rings is 2. The van der Waals surface area contributed by atoms with Crippen molar-refractivity contribution in [3.8, 4) is 0 Å². The fraction of sp³-hybridized carbons (Fsp3) is 0.158. The first kappa shape index (κ1) is 15.0. The SMILES string of the molecule is O=C(O)CCCN1C(=O)/C(=C\c2ccccc2)c2ccccc21. The lowest BCUT2D eigenvalue weighted by Gasteiger charge is -2.16. The first-order chi connectivity index (χ1) is 11.2. The van der Waals surface area contributed by atoms with E-state index >= 15 is 0 Å². The maximum atomic E-state index is 12.8. The summed E-state index contributed by atoms with van der Waals surface area (Å²) in [7, 11) is 0. The largest absolute Gasteiger partial charge is 0.481 e. The maximum Gasteiger partial charge on any atom is 0.303 e. The van der Waals surface area contributed by atoms with Crippen LogP contribution in [0, 0.1) is 0 Å². The Balaban J connectivity index is 1.92. The van der Waals surface area contributed by atoms with Gasteiger partial charge in [-0.2, -0.15) is 0 Å². The van der Waals surface area contributed by atoms with Crippen LogP contribution in [0.15, 0.2) is 54.6 Å². The number of nitrogens with zero attached hydrogens (tertiary/aromatic N) is 1. The lowest BCUT2D eigenvalue weighted by atomic mass is 10.0. The van der Waals surface area contributed by atoms with Crippen LogP contribution < -0.4 is 4.90 Å². The minimum absolute atomic E-state index is 0.0592. The van der Waals surface area contributed by atoms with E-state index in [0.717, 1.165) is 16.8 Å². The number of anilines is 1. The number of para-hydroxylation sites is 1. The van der Waals surface area contributed by atoms with Crippen molar-refractivity contribution < 1.29 is 14.7 Å². The van der Waals surface area contributed by atoms with Crippen molar-refractivity contribution in [2.24, 2.45) is 0 Å². The van der Waals surface area contributed by atoms with Crippen LogP contribution in [0.4, 0.5) is 5.69 Å². The second-order valence-corrected chi connectivity index (χ2v) is 5.44. The molecular formula is C19H17NO3. The second kappa shape index (κ2) is 6.48. The first-order valence-corrected chi connectivity index (χ1v) is 7.56. The molecule has 4 nitrogen and oxygen atoms in total. The molecule has 116 valence electrons. The zero-order valence-electron chi connectivity index (χ0n) is 12.6. The Morgan fingerprint density at radius 3 is 2.48 bits per heavy atom. The molecule has 0 aromatic heterocycles. The van der Waals surface area contributed by atoms with Gasteiger partial charge >= 0.3 is 5.97 Å². The van der Waals surface area contributed by atoms with E-state index in [9.17, 15) is 9.59 Å². The molecule has 1 heterocycles. The van der Waals surface area contributed by atoms with E-state index < -0.39 is 5.97 Å². The number of carboxylic acid groups (broad SMARTS) is 1. The van der Waals surface area contributed by atoms with Crippen molar-refractivity contribution >= 4 is 29.2 Å². The number of carboxylic acids is 1. The summed E-state index contributed by atoms with van der Waals surface area (Å²) in [6.07, 6.45) is 2.38. The van der Waals surface area contributed by atoms with Gasteiger partial charge < -0.3 is 10.0 Å². The number of rotatable bonds is 5. The summed E-state index contributed by atoms with van der Waals surface area (Å²) in [6.45, 7) is 0.411. The van der Waals surface area contributed by atoms with Gasteiger partial charge in [0.05, 0.1) is 5.69 Å². The van der Waals surface area contributed by atoms with Gasteiger partial charge in [-0.1, -0.05) is 48.5 Å². The number of hydrogen-bond donors (Lipinski definition) is 1. The number of aliphatic carboxylic acids is 1. The Morgan fingerprint density at radius 2 is 1.74 bits per heavy atom. The van der Waals surface area contributed by atoms with Crippen LogP contribution in [0.3, 0.4) is 0 Å². The van der Waals surface area contributed by atoms with Crippen molar-refractivity contribution in [2.45, 2.75) is 12.8 Å². The molecule has 1 aliphatic rings. The van der Waals surface area contributed by atoms with Crippen LogP contribution in [0.1, 0.15) is 24.0 Å². The smallest absolute Gasteiger partial charge is 0.303 e.